The molecule has 3 aromatic rings. The molecule has 1 aliphatic heterocycles. The van der Waals surface area contributed by atoms with Crippen molar-refractivity contribution in [3.8, 4) is 0 Å². The van der Waals surface area contributed by atoms with Crippen molar-refractivity contribution in [2.45, 2.75) is 44.3 Å². The number of nitrogens with two attached hydrogens (primary N) is 2. The molecule has 2 aromatic heterocycles. The first-order valence-electron chi connectivity index (χ1n) is 12.5. The van der Waals surface area contributed by atoms with Crippen molar-refractivity contribution in [2.75, 3.05) is 43.5 Å². The van der Waals surface area contributed by atoms with Crippen LogP contribution in [0.5, 0.6) is 0 Å². The first-order valence-corrected chi connectivity index (χ1v) is 12.5. The Hall–Kier alpha value is -3.28. The number of ether oxygens (including phenoxy) is 1. The highest BCUT2D eigenvalue weighted by molar-refractivity contribution is 5.99. The van der Waals surface area contributed by atoms with Gasteiger partial charge in [-0.05, 0) is 37.1 Å². The largest absolute Gasteiger partial charge is 0.379 e. The maximum absolute atomic E-state index is 14.8. The number of hydrogen-bond acceptors (Lipinski definition) is 8. The predicted octanol–water partition coefficient (Wildman–Crippen LogP) is 2.43. The molecule has 10 nitrogen and oxygen atoms in total. The molecule has 6 N–H and O–H groups in total. The number of primary amides is 1. The Morgan fingerprint density at radius 1 is 1.14 bits per heavy atom. The van der Waals surface area contributed by atoms with Crippen LogP contribution in [0.4, 0.5) is 21.7 Å². The number of hydrogen-bond donors (Lipinski definition) is 4. The van der Waals surface area contributed by atoms with E-state index in [1.807, 2.05) is 29.1 Å². The lowest BCUT2D eigenvalue weighted by Crippen LogP contribution is -2.43. The third-order valence-corrected chi connectivity index (χ3v) is 7.02. The summed E-state index contributed by atoms with van der Waals surface area (Å²) in [6, 6.07) is 6.73. The smallest absolute Gasteiger partial charge is 0.252 e. The molecule has 0 spiro atoms. The van der Waals surface area contributed by atoms with Gasteiger partial charge >= 0.3 is 0 Å². The van der Waals surface area contributed by atoms with Crippen molar-refractivity contribution in [3.05, 3.63) is 41.8 Å². The van der Waals surface area contributed by atoms with E-state index in [0.717, 1.165) is 82.0 Å². The van der Waals surface area contributed by atoms with Crippen LogP contribution < -0.4 is 22.1 Å². The summed E-state index contributed by atoms with van der Waals surface area (Å²) in [6.45, 7) is 4.96. The molecule has 2 fully saturated rings. The highest BCUT2D eigenvalue weighted by atomic mass is 19.1. The Labute approximate surface area is 209 Å². The van der Waals surface area contributed by atoms with E-state index < -0.39 is 11.7 Å². The summed E-state index contributed by atoms with van der Waals surface area (Å²) in [7, 11) is 0. The SMILES string of the molecule is NC(=O)c1cc(F)c(NC2CCCCC2N)nc1Nc1ccc2cnn(CCN3CCOCC3)c2c1. The zero-order valence-electron chi connectivity index (χ0n) is 20.3. The van der Waals surface area contributed by atoms with Gasteiger partial charge in [-0.15, -0.1) is 0 Å². The van der Waals surface area contributed by atoms with Crippen molar-refractivity contribution in [2.24, 2.45) is 11.5 Å². The fraction of sp³-hybridized carbons (Fsp3) is 0.480. The molecular formula is C25H33FN8O2. The van der Waals surface area contributed by atoms with Crippen LogP contribution >= 0.6 is 0 Å². The van der Waals surface area contributed by atoms with Crippen molar-refractivity contribution < 1.29 is 13.9 Å². The van der Waals surface area contributed by atoms with Gasteiger partial charge in [0.05, 0.1) is 37.0 Å². The Bertz CT molecular complexity index is 1230. The highest BCUT2D eigenvalue weighted by Gasteiger charge is 2.24. The maximum Gasteiger partial charge on any atom is 0.252 e. The van der Waals surface area contributed by atoms with Gasteiger partial charge in [0.25, 0.3) is 5.91 Å². The zero-order chi connectivity index (χ0) is 25.1. The van der Waals surface area contributed by atoms with E-state index in [9.17, 15) is 9.18 Å². The first-order chi connectivity index (χ1) is 17.5. The predicted molar refractivity (Wildman–Crippen MR) is 137 cm³/mol. The summed E-state index contributed by atoms with van der Waals surface area (Å²) >= 11 is 0. The summed E-state index contributed by atoms with van der Waals surface area (Å²) in [5.74, 6) is -1.15. The summed E-state index contributed by atoms with van der Waals surface area (Å²) in [4.78, 5) is 18.9. The van der Waals surface area contributed by atoms with E-state index in [1.165, 1.54) is 0 Å². The molecule has 1 aromatic carbocycles. The lowest BCUT2D eigenvalue weighted by molar-refractivity contribution is 0.0361. The van der Waals surface area contributed by atoms with E-state index >= 15 is 0 Å². The van der Waals surface area contributed by atoms with Gasteiger partial charge in [-0.2, -0.15) is 5.10 Å². The van der Waals surface area contributed by atoms with E-state index in [2.05, 4.69) is 25.6 Å². The minimum Gasteiger partial charge on any atom is -0.379 e. The number of pyridine rings is 1. The van der Waals surface area contributed by atoms with Crippen molar-refractivity contribution >= 4 is 34.1 Å². The van der Waals surface area contributed by atoms with Crippen LogP contribution in [0.1, 0.15) is 36.0 Å². The van der Waals surface area contributed by atoms with Gasteiger partial charge in [-0.1, -0.05) is 12.8 Å². The van der Waals surface area contributed by atoms with Gasteiger partial charge in [0.15, 0.2) is 11.6 Å². The average molecular weight is 497 g/mol. The number of nitrogens with one attached hydrogen (secondary N) is 2. The van der Waals surface area contributed by atoms with E-state index in [0.29, 0.717) is 5.69 Å². The minimum atomic E-state index is -0.763. The highest BCUT2D eigenvalue weighted by Crippen LogP contribution is 2.28. The average Bonchev–Trinajstić information content (AvgIpc) is 3.28. The molecule has 1 aliphatic carbocycles. The van der Waals surface area contributed by atoms with Crippen molar-refractivity contribution in [1.82, 2.24) is 19.7 Å². The van der Waals surface area contributed by atoms with Gasteiger partial charge in [-0.25, -0.2) is 9.37 Å². The van der Waals surface area contributed by atoms with E-state index in [-0.39, 0.29) is 29.3 Å². The monoisotopic (exact) mass is 496 g/mol. The van der Waals surface area contributed by atoms with E-state index in [1.54, 1.807) is 0 Å². The number of benzene rings is 1. The van der Waals surface area contributed by atoms with Crippen LogP contribution in [0.25, 0.3) is 10.9 Å². The second-order valence-electron chi connectivity index (χ2n) is 9.50. The van der Waals surface area contributed by atoms with E-state index in [4.69, 9.17) is 16.2 Å². The lowest BCUT2D eigenvalue weighted by Gasteiger charge is -2.30. The van der Waals surface area contributed by atoms with Crippen LogP contribution in [-0.2, 0) is 11.3 Å². The van der Waals surface area contributed by atoms with Gasteiger partial charge in [0, 0.05) is 42.8 Å². The van der Waals surface area contributed by atoms with Crippen LogP contribution in [0, 0.1) is 5.82 Å². The summed E-state index contributed by atoms with van der Waals surface area (Å²) in [5, 5.41) is 11.8. The number of aromatic nitrogens is 3. The van der Waals surface area contributed by atoms with Gasteiger partial charge in [0.1, 0.15) is 5.82 Å². The van der Waals surface area contributed by atoms with Crippen molar-refractivity contribution in [3.63, 3.8) is 0 Å². The van der Waals surface area contributed by atoms with Crippen LogP contribution in [0.3, 0.4) is 0 Å². The molecule has 36 heavy (non-hydrogen) atoms. The lowest BCUT2D eigenvalue weighted by atomic mass is 9.91. The number of morpholine rings is 1. The molecule has 1 saturated carbocycles. The Balaban J connectivity index is 1.38. The normalized spacial score (nSPS) is 20.9. The number of carbonyl (C=O) groups is 1. The molecule has 1 saturated heterocycles. The van der Waals surface area contributed by atoms with Crippen LogP contribution in [0.2, 0.25) is 0 Å². The molecule has 0 radical (unpaired) electrons. The summed E-state index contributed by atoms with van der Waals surface area (Å²) in [5.41, 5.74) is 13.4. The topological polar surface area (TPSA) is 136 Å². The molecular weight excluding hydrogens is 463 g/mol. The number of carbonyl (C=O) groups excluding carboxylic acids is 1. The maximum atomic E-state index is 14.8. The van der Waals surface area contributed by atoms with Crippen LogP contribution in [0.15, 0.2) is 30.5 Å². The fourth-order valence-corrected chi connectivity index (χ4v) is 4.91. The summed E-state index contributed by atoms with van der Waals surface area (Å²) in [6.07, 6.45) is 5.64. The molecule has 2 aliphatic rings. The minimum absolute atomic E-state index is 0.0214. The molecule has 1 amide bonds. The second-order valence-corrected chi connectivity index (χ2v) is 9.50. The molecule has 0 bridgehead atoms. The quantitative estimate of drug-likeness (QED) is 0.373. The van der Waals surface area contributed by atoms with Gasteiger partial charge in [-0.3, -0.25) is 14.4 Å². The fourth-order valence-electron chi connectivity index (χ4n) is 4.91. The molecule has 192 valence electrons. The summed E-state index contributed by atoms with van der Waals surface area (Å²) < 4.78 is 22.2. The van der Waals surface area contributed by atoms with Crippen molar-refractivity contribution in [1.29, 1.82) is 0 Å². The number of fused-ring (bicyclic) bond motifs is 1. The first kappa shape index (κ1) is 24.4. The van der Waals surface area contributed by atoms with Gasteiger partial charge < -0.3 is 26.8 Å². The third kappa shape index (κ3) is 5.43. The van der Waals surface area contributed by atoms with Crippen LogP contribution in [-0.4, -0.2) is 70.5 Å². The number of nitrogens with zero attached hydrogens (tertiary/aromatic N) is 4. The number of rotatable bonds is 8. The number of anilines is 3. The molecule has 3 heterocycles. The standard InChI is InChI=1S/C25H33FN8O2/c26-19-14-18(23(28)35)24(32-25(19)31-21-4-2-1-3-20(21)27)30-17-6-5-16-15-29-34(22(16)13-17)8-7-33-9-11-36-12-10-33/h5-6,13-15,20-21H,1-4,7-12,27H2,(H2,28,35)(H2,30,31,32). The molecule has 2 atom stereocenters. The number of halogens is 1. The Morgan fingerprint density at radius 2 is 1.94 bits per heavy atom. The number of amides is 1. The third-order valence-electron chi connectivity index (χ3n) is 7.02. The molecule has 5 rings (SSSR count). The molecule has 2 unspecified atom stereocenters. The van der Waals surface area contributed by atoms with Gasteiger partial charge in [0.2, 0.25) is 0 Å². The molecule has 11 heteroatoms. The zero-order valence-corrected chi connectivity index (χ0v) is 20.3. The Morgan fingerprint density at radius 3 is 2.72 bits per heavy atom. The Kier molecular flexibility index (Phi) is 7.30. The second kappa shape index (κ2) is 10.8.